The Morgan fingerprint density at radius 2 is 2.12 bits per heavy atom. The van der Waals surface area contributed by atoms with Crippen LogP contribution in [0.2, 0.25) is 5.15 Å². The standard InChI is InChI=1S/C21H25ClFN5O3S/c1-9-15-11-7-6-10(28(11)20(29)31-21(2,3)4)8-27(15)17-12-14(24-19(26-17)32-5)13(23)16(22)25-18(12)30-9/h9-11,15H,6-8H2,1-5H3/t9-,10+,11-,15+/m0/s1/i1D3. The third-order valence-corrected chi connectivity index (χ3v) is 6.79. The fourth-order valence-corrected chi connectivity index (χ4v) is 5.35. The van der Waals surface area contributed by atoms with Crippen LogP contribution in [0.3, 0.4) is 0 Å². The lowest BCUT2D eigenvalue weighted by molar-refractivity contribution is 0.000950. The second kappa shape index (κ2) is 7.48. The van der Waals surface area contributed by atoms with Crippen molar-refractivity contribution in [3.8, 4) is 5.88 Å². The lowest BCUT2D eigenvalue weighted by Crippen LogP contribution is -2.65. The van der Waals surface area contributed by atoms with Crippen LogP contribution in [0.5, 0.6) is 5.88 Å². The van der Waals surface area contributed by atoms with Crippen LogP contribution < -0.4 is 9.64 Å². The molecule has 3 aliphatic heterocycles. The van der Waals surface area contributed by atoms with Gasteiger partial charge in [-0.05, 0) is 46.7 Å². The summed E-state index contributed by atoms with van der Waals surface area (Å²) in [6, 6.07) is -1.57. The Labute approximate surface area is 199 Å². The zero-order chi connectivity index (χ0) is 25.4. The molecule has 4 atom stereocenters. The van der Waals surface area contributed by atoms with Crippen LogP contribution in [-0.2, 0) is 4.74 Å². The number of hydrogen-bond acceptors (Lipinski definition) is 8. The first-order valence-corrected chi connectivity index (χ1v) is 12.0. The van der Waals surface area contributed by atoms with E-state index in [4.69, 9.17) is 25.2 Å². The second-order valence-corrected chi connectivity index (χ2v) is 10.3. The molecule has 0 radical (unpaired) electrons. The highest BCUT2D eigenvalue weighted by atomic mass is 35.5. The molecule has 0 spiro atoms. The van der Waals surface area contributed by atoms with Gasteiger partial charge in [-0.15, -0.1) is 0 Å². The van der Waals surface area contributed by atoms with Crippen molar-refractivity contribution < 1.29 is 22.8 Å². The molecule has 1 amide bonds. The van der Waals surface area contributed by atoms with E-state index in [2.05, 4.69) is 15.0 Å². The number of anilines is 1. The van der Waals surface area contributed by atoms with E-state index in [0.29, 0.717) is 23.8 Å². The molecule has 0 aromatic carbocycles. The van der Waals surface area contributed by atoms with Crippen LogP contribution >= 0.6 is 23.4 Å². The molecule has 2 fully saturated rings. The molecule has 11 heteroatoms. The number of fused-ring (bicyclic) bond motifs is 5. The topological polar surface area (TPSA) is 80.7 Å². The van der Waals surface area contributed by atoms with Gasteiger partial charge in [0.2, 0.25) is 5.88 Å². The van der Waals surface area contributed by atoms with E-state index < -0.39 is 47.7 Å². The van der Waals surface area contributed by atoms with Gasteiger partial charge in [0.1, 0.15) is 28.4 Å². The summed E-state index contributed by atoms with van der Waals surface area (Å²) >= 11 is 7.27. The number of rotatable bonds is 1. The monoisotopic (exact) mass is 484 g/mol. The predicted molar refractivity (Wildman–Crippen MR) is 120 cm³/mol. The smallest absolute Gasteiger partial charge is 0.410 e. The molecule has 3 aliphatic rings. The minimum Gasteiger partial charge on any atom is -0.472 e. The zero-order valence-corrected chi connectivity index (χ0v) is 19.6. The Hall–Kier alpha value is -2.07. The third-order valence-electron chi connectivity index (χ3n) is 5.99. The van der Waals surface area contributed by atoms with E-state index in [9.17, 15) is 4.79 Å². The number of carbonyl (C=O) groups excluding carboxylic acids is 1. The van der Waals surface area contributed by atoms with E-state index >= 15 is 4.39 Å². The molecule has 0 unspecified atom stereocenters. The first kappa shape index (κ1) is 18.4. The van der Waals surface area contributed by atoms with Gasteiger partial charge >= 0.3 is 6.09 Å². The van der Waals surface area contributed by atoms with Crippen LogP contribution in [0.15, 0.2) is 5.16 Å². The Kier molecular flexibility index (Phi) is 4.29. The Morgan fingerprint density at radius 3 is 2.81 bits per heavy atom. The van der Waals surface area contributed by atoms with Gasteiger partial charge in [0.05, 0.1) is 18.1 Å². The van der Waals surface area contributed by atoms with Gasteiger partial charge in [-0.2, -0.15) is 4.98 Å². The average Bonchev–Trinajstić information content (AvgIpc) is 2.99. The number of piperazine rings is 1. The molecular weight excluding hydrogens is 457 g/mol. The Morgan fingerprint density at radius 1 is 1.34 bits per heavy atom. The summed E-state index contributed by atoms with van der Waals surface area (Å²) in [5.74, 6) is -0.633. The number of halogens is 2. The second-order valence-electron chi connectivity index (χ2n) is 9.15. The van der Waals surface area contributed by atoms with Gasteiger partial charge in [0.25, 0.3) is 0 Å². The molecule has 2 saturated heterocycles. The molecule has 32 heavy (non-hydrogen) atoms. The largest absolute Gasteiger partial charge is 0.472 e. The van der Waals surface area contributed by atoms with E-state index in [1.807, 2.05) is 4.90 Å². The summed E-state index contributed by atoms with van der Waals surface area (Å²) in [6.07, 6.45) is 1.09. The van der Waals surface area contributed by atoms with Crippen molar-refractivity contribution in [2.45, 2.75) is 75.5 Å². The van der Waals surface area contributed by atoms with Crippen LogP contribution in [0.4, 0.5) is 15.0 Å². The van der Waals surface area contributed by atoms with Crippen LogP contribution in [0.1, 0.15) is 44.6 Å². The van der Waals surface area contributed by atoms with Gasteiger partial charge in [0.15, 0.2) is 16.1 Å². The molecule has 2 aromatic heterocycles. The predicted octanol–water partition coefficient (Wildman–Crippen LogP) is 4.28. The van der Waals surface area contributed by atoms with E-state index in [1.54, 1.807) is 31.9 Å². The minimum atomic E-state index is -2.59. The first-order valence-electron chi connectivity index (χ1n) is 11.9. The van der Waals surface area contributed by atoms with Crippen molar-refractivity contribution in [1.82, 2.24) is 19.9 Å². The number of carbonyl (C=O) groups is 1. The van der Waals surface area contributed by atoms with Crippen molar-refractivity contribution in [3.05, 3.63) is 11.0 Å². The molecule has 5 rings (SSSR count). The van der Waals surface area contributed by atoms with Gasteiger partial charge in [-0.25, -0.2) is 19.2 Å². The highest BCUT2D eigenvalue weighted by Crippen LogP contribution is 2.45. The van der Waals surface area contributed by atoms with Crippen molar-refractivity contribution in [2.75, 3.05) is 17.7 Å². The maximum absolute atomic E-state index is 15.1. The fraction of sp³-hybridized carbons (Fsp3) is 0.619. The molecule has 2 bridgehead atoms. The van der Waals surface area contributed by atoms with Gasteiger partial charge in [-0.1, -0.05) is 23.4 Å². The Bertz CT molecular complexity index is 1210. The quantitative estimate of drug-likeness (QED) is 0.337. The summed E-state index contributed by atoms with van der Waals surface area (Å²) in [5, 5.41) is 0.00413. The van der Waals surface area contributed by atoms with Crippen molar-refractivity contribution in [1.29, 1.82) is 0 Å². The molecular formula is C21H25ClFN5O3S. The lowest BCUT2D eigenvalue weighted by Gasteiger charge is -2.48. The fourth-order valence-electron chi connectivity index (χ4n) is 4.83. The van der Waals surface area contributed by atoms with Crippen LogP contribution in [-0.4, -0.2) is 68.6 Å². The molecule has 0 saturated carbocycles. The number of pyridine rings is 1. The van der Waals surface area contributed by atoms with Gasteiger partial charge in [-0.3, -0.25) is 4.90 Å². The lowest BCUT2D eigenvalue weighted by atomic mass is 9.98. The molecule has 172 valence electrons. The van der Waals surface area contributed by atoms with Crippen molar-refractivity contribution >= 4 is 46.2 Å². The number of ether oxygens (including phenoxy) is 2. The highest BCUT2D eigenvalue weighted by Gasteiger charge is 2.53. The molecule has 8 nitrogen and oxygen atoms in total. The number of aromatic nitrogens is 3. The maximum atomic E-state index is 15.1. The van der Waals surface area contributed by atoms with Gasteiger partial charge in [0, 0.05) is 10.7 Å². The summed E-state index contributed by atoms with van der Waals surface area (Å²) in [5.41, 5.74) is -0.793. The SMILES string of the molecule is [2H]C([2H])([2H])[C@@H]1Oc2nc(Cl)c(F)c3nc(SC)nc(c23)N2C[C@H]3CC[C@@H]([C@@H]12)N3C(=O)OC(C)(C)C. The number of nitrogens with zero attached hydrogens (tertiary/aromatic N) is 5. The summed E-state index contributed by atoms with van der Waals surface area (Å²) < 4.78 is 51.6. The van der Waals surface area contributed by atoms with Crippen LogP contribution in [0.25, 0.3) is 10.9 Å². The van der Waals surface area contributed by atoms with E-state index in [-0.39, 0.29) is 29.4 Å². The normalized spacial score (nSPS) is 28.4. The van der Waals surface area contributed by atoms with E-state index in [0.717, 1.165) is 0 Å². The summed E-state index contributed by atoms with van der Waals surface area (Å²) in [7, 11) is 0. The zero-order valence-electron chi connectivity index (χ0n) is 21.1. The molecule has 2 aromatic rings. The highest BCUT2D eigenvalue weighted by molar-refractivity contribution is 7.98. The van der Waals surface area contributed by atoms with Crippen molar-refractivity contribution in [3.63, 3.8) is 0 Å². The minimum absolute atomic E-state index is 0.0822. The van der Waals surface area contributed by atoms with Crippen molar-refractivity contribution in [2.24, 2.45) is 0 Å². The molecule has 0 aliphatic carbocycles. The number of hydrogen-bond donors (Lipinski definition) is 0. The first-order chi connectivity index (χ1) is 16.3. The molecule has 5 heterocycles. The number of thioether (sulfide) groups is 1. The summed E-state index contributed by atoms with van der Waals surface area (Å²) in [6.45, 7) is 3.03. The number of amides is 1. The maximum Gasteiger partial charge on any atom is 0.410 e. The van der Waals surface area contributed by atoms with Crippen LogP contribution in [0, 0.1) is 5.82 Å². The summed E-state index contributed by atoms with van der Waals surface area (Å²) in [4.78, 5) is 29.6. The van der Waals surface area contributed by atoms with E-state index in [1.165, 1.54) is 11.8 Å². The Balaban J connectivity index is 1.71. The average molecular weight is 485 g/mol. The molecule has 0 N–H and O–H groups in total. The third kappa shape index (κ3) is 3.34. The van der Waals surface area contributed by atoms with Gasteiger partial charge < -0.3 is 14.4 Å².